The van der Waals surface area contributed by atoms with Crippen molar-refractivity contribution in [1.29, 1.82) is 0 Å². The standard InChI is InChI=1S/C12H19N3O2/c1-8-4-3-5-9(6-8)17-12(16)11-10(13)7-15(2)14-11/h7-9H,3-6,13H2,1-2H3. The summed E-state index contributed by atoms with van der Waals surface area (Å²) in [4.78, 5) is 11.9. The molecular formula is C12H19N3O2. The molecule has 1 fully saturated rings. The molecule has 17 heavy (non-hydrogen) atoms. The van der Waals surface area contributed by atoms with E-state index in [1.54, 1.807) is 13.2 Å². The first kappa shape index (κ1) is 12.0. The lowest BCUT2D eigenvalue weighted by Gasteiger charge is -2.26. The Morgan fingerprint density at radius 3 is 2.94 bits per heavy atom. The smallest absolute Gasteiger partial charge is 0.361 e. The zero-order valence-corrected chi connectivity index (χ0v) is 10.3. The summed E-state index contributed by atoms with van der Waals surface area (Å²) in [6.07, 6.45) is 5.87. The number of hydrogen-bond donors (Lipinski definition) is 1. The molecule has 2 rings (SSSR count). The molecule has 2 unspecified atom stereocenters. The van der Waals surface area contributed by atoms with Crippen LogP contribution in [0.2, 0.25) is 0 Å². The van der Waals surface area contributed by atoms with Gasteiger partial charge in [-0.15, -0.1) is 0 Å². The first-order valence-corrected chi connectivity index (χ1v) is 6.06. The van der Waals surface area contributed by atoms with Gasteiger partial charge >= 0.3 is 5.97 Å². The molecule has 0 aliphatic heterocycles. The van der Waals surface area contributed by atoms with Crippen molar-refractivity contribution in [3.63, 3.8) is 0 Å². The number of carbonyl (C=O) groups excluding carboxylic acids is 1. The number of carbonyl (C=O) groups is 1. The normalized spacial score (nSPS) is 24.6. The Kier molecular flexibility index (Phi) is 3.36. The maximum absolute atomic E-state index is 11.9. The van der Waals surface area contributed by atoms with Crippen molar-refractivity contribution in [2.75, 3.05) is 5.73 Å². The molecule has 94 valence electrons. The van der Waals surface area contributed by atoms with E-state index in [0.29, 0.717) is 11.6 Å². The number of hydrogen-bond acceptors (Lipinski definition) is 4. The largest absolute Gasteiger partial charge is 0.458 e. The van der Waals surface area contributed by atoms with Gasteiger partial charge in [0.15, 0.2) is 5.69 Å². The lowest BCUT2D eigenvalue weighted by molar-refractivity contribution is 0.0149. The van der Waals surface area contributed by atoms with E-state index in [0.717, 1.165) is 19.3 Å². The Bertz CT molecular complexity index is 414. The molecule has 1 aromatic heterocycles. The molecule has 0 amide bonds. The molecular weight excluding hydrogens is 218 g/mol. The van der Waals surface area contributed by atoms with Crippen molar-refractivity contribution in [2.24, 2.45) is 13.0 Å². The van der Waals surface area contributed by atoms with Crippen molar-refractivity contribution in [1.82, 2.24) is 9.78 Å². The number of nitrogen functional groups attached to an aromatic ring is 1. The third-order valence-electron chi connectivity index (χ3n) is 3.21. The van der Waals surface area contributed by atoms with Gasteiger partial charge < -0.3 is 10.5 Å². The first-order valence-electron chi connectivity index (χ1n) is 6.06. The number of nitrogens with zero attached hydrogens (tertiary/aromatic N) is 2. The minimum absolute atomic E-state index is 0.0210. The van der Waals surface area contributed by atoms with E-state index in [1.807, 2.05) is 0 Å². The van der Waals surface area contributed by atoms with Crippen LogP contribution in [0.5, 0.6) is 0 Å². The molecule has 1 aliphatic rings. The van der Waals surface area contributed by atoms with Crippen LogP contribution in [0.25, 0.3) is 0 Å². The van der Waals surface area contributed by atoms with Gasteiger partial charge in [0.2, 0.25) is 0 Å². The lowest BCUT2D eigenvalue weighted by Crippen LogP contribution is -2.25. The van der Waals surface area contributed by atoms with E-state index >= 15 is 0 Å². The molecule has 0 saturated heterocycles. The quantitative estimate of drug-likeness (QED) is 0.795. The summed E-state index contributed by atoms with van der Waals surface area (Å²) in [5.74, 6) is 0.227. The Morgan fingerprint density at radius 2 is 2.35 bits per heavy atom. The second kappa shape index (κ2) is 4.77. The monoisotopic (exact) mass is 237 g/mol. The van der Waals surface area contributed by atoms with Crippen LogP contribution in [0.4, 0.5) is 5.69 Å². The summed E-state index contributed by atoms with van der Waals surface area (Å²) in [5, 5.41) is 4.01. The fourth-order valence-electron chi connectivity index (χ4n) is 2.36. The number of nitrogens with two attached hydrogens (primary N) is 1. The van der Waals surface area contributed by atoms with Crippen LogP contribution >= 0.6 is 0 Å². The number of rotatable bonds is 2. The molecule has 0 radical (unpaired) electrons. The molecule has 0 aromatic carbocycles. The Morgan fingerprint density at radius 1 is 1.59 bits per heavy atom. The number of aromatic nitrogens is 2. The van der Waals surface area contributed by atoms with Crippen molar-refractivity contribution >= 4 is 11.7 Å². The van der Waals surface area contributed by atoms with E-state index in [2.05, 4.69) is 12.0 Å². The maximum Gasteiger partial charge on any atom is 0.361 e. The number of ether oxygens (including phenoxy) is 1. The van der Waals surface area contributed by atoms with Gasteiger partial charge in [-0.05, 0) is 25.2 Å². The highest BCUT2D eigenvalue weighted by molar-refractivity contribution is 5.92. The maximum atomic E-state index is 11.9. The van der Waals surface area contributed by atoms with E-state index in [9.17, 15) is 4.79 Å². The predicted molar refractivity (Wildman–Crippen MR) is 64.5 cm³/mol. The van der Waals surface area contributed by atoms with E-state index in [-0.39, 0.29) is 11.8 Å². The highest BCUT2D eigenvalue weighted by atomic mass is 16.5. The van der Waals surface area contributed by atoms with Crippen molar-refractivity contribution in [3.8, 4) is 0 Å². The van der Waals surface area contributed by atoms with Crippen LogP contribution in [-0.2, 0) is 11.8 Å². The first-order chi connectivity index (χ1) is 8.06. The zero-order chi connectivity index (χ0) is 12.4. The summed E-state index contributed by atoms with van der Waals surface area (Å²) in [7, 11) is 1.73. The summed E-state index contributed by atoms with van der Waals surface area (Å²) >= 11 is 0. The minimum Gasteiger partial charge on any atom is -0.458 e. The lowest BCUT2D eigenvalue weighted by atomic mass is 9.89. The molecule has 1 heterocycles. The third kappa shape index (κ3) is 2.78. The third-order valence-corrected chi connectivity index (χ3v) is 3.21. The number of aryl methyl sites for hydroxylation is 1. The number of anilines is 1. The van der Waals surface area contributed by atoms with E-state index in [4.69, 9.17) is 10.5 Å². The van der Waals surface area contributed by atoms with Crippen LogP contribution in [-0.4, -0.2) is 21.9 Å². The summed E-state index contributed by atoms with van der Waals surface area (Å²) < 4.78 is 6.97. The van der Waals surface area contributed by atoms with Crippen molar-refractivity contribution < 1.29 is 9.53 Å². The fraction of sp³-hybridized carbons (Fsp3) is 0.667. The highest BCUT2D eigenvalue weighted by Crippen LogP contribution is 2.26. The van der Waals surface area contributed by atoms with Gasteiger partial charge in [0.1, 0.15) is 6.10 Å². The Hall–Kier alpha value is -1.52. The van der Waals surface area contributed by atoms with Gasteiger partial charge in [-0.1, -0.05) is 13.3 Å². The van der Waals surface area contributed by atoms with E-state index < -0.39 is 5.97 Å². The molecule has 5 heteroatoms. The zero-order valence-electron chi connectivity index (χ0n) is 10.3. The highest BCUT2D eigenvalue weighted by Gasteiger charge is 2.24. The van der Waals surface area contributed by atoms with Gasteiger partial charge in [0, 0.05) is 13.2 Å². The Labute approximate surface area is 101 Å². The molecule has 5 nitrogen and oxygen atoms in total. The predicted octanol–water partition coefficient (Wildman–Crippen LogP) is 1.74. The Balaban J connectivity index is 1.99. The van der Waals surface area contributed by atoms with Gasteiger partial charge in [-0.25, -0.2) is 4.79 Å². The van der Waals surface area contributed by atoms with Gasteiger partial charge in [-0.3, -0.25) is 4.68 Å². The molecule has 0 spiro atoms. The van der Waals surface area contributed by atoms with Gasteiger partial charge in [0.25, 0.3) is 0 Å². The molecule has 1 aliphatic carbocycles. The molecule has 1 saturated carbocycles. The van der Waals surface area contributed by atoms with E-state index in [1.165, 1.54) is 11.1 Å². The van der Waals surface area contributed by atoms with Crippen LogP contribution in [0.1, 0.15) is 43.1 Å². The van der Waals surface area contributed by atoms with Crippen molar-refractivity contribution in [3.05, 3.63) is 11.9 Å². The molecule has 2 atom stereocenters. The molecule has 2 N–H and O–H groups in total. The summed E-state index contributed by atoms with van der Waals surface area (Å²) in [6, 6.07) is 0. The summed E-state index contributed by atoms with van der Waals surface area (Å²) in [5.41, 5.74) is 6.29. The average Bonchev–Trinajstić information content (AvgIpc) is 2.58. The van der Waals surface area contributed by atoms with Crippen molar-refractivity contribution in [2.45, 2.75) is 38.7 Å². The SMILES string of the molecule is CC1CCCC(OC(=O)c2nn(C)cc2N)C1. The van der Waals surface area contributed by atoms with Crippen LogP contribution in [0, 0.1) is 5.92 Å². The van der Waals surface area contributed by atoms with Gasteiger partial charge in [-0.2, -0.15) is 5.10 Å². The minimum atomic E-state index is -0.401. The molecule has 1 aromatic rings. The second-order valence-corrected chi connectivity index (χ2v) is 4.91. The average molecular weight is 237 g/mol. The number of esters is 1. The van der Waals surface area contributed by atoms with Crippen LogP contribution in [0.15, 0.2) is 6.20 Å². The second-order valence-electron chi connectivity index (χ2n) is 4.91. The summed E-state index contributed by atoms with van der Waals surface area (Å²) in [6.45, 7) is 2.19. The topological polar surface area (TPSA) is 70.1 Å². The van der Waals surface area contributed by atoms with Gasteiger partial charge in [0.05, 0.1) is 5.69 Å². The molecule has 0 bridgehead atoms. The van der Waals surface area contributed by atoms with Crippen LogP contribution in [0.3, 0.4) is 0 Å². The van der Waals surface area contributed by atoms with Crippen LogP contribution < -0.4 is 5.73 Å². The fourth-order valence-corrected chi connectivity index (χ4v) is 2.36.